The molecular formula is C23H26N2O7. The van der Waals surface area contributed by atoms with Crippen molar-refractivity contribution in [2.24, 2.45) is 7.05 Å². The first kappa shape index (κ1) is 23.1. The smallest absolute Gasteiger partial charge is 0.265 e. The number of Topliss-reactive ketones (excluding diaryl/α,β-unsaturated/α-hetero) is 1. The van der Waals surface area contributed by atoms with Crippen LogP contribution in [0.15, 0.2) is 41.2 Å². The number of carbonyl (C=O) groups excluding carboxylic acids is 1. The average molecular weight is 442 g/mol. The summed E-state index contributed by atoms with van der Waals surface area (Å²) in [5, 5.41) is 33.6. The molecule has 9 nitrogen and oxygen atoms in total. The van der Waals surface area contributed by atoms with Gasteiger partial charge in [-0.15, -0.1) is 0 Å². The van der Waals surface area contributed by atoms with Crippen molar-refractivity contribution in [1.29, 1.82) is 0 Å². The summed E-state index contributed by atoms with van der Waals surface area (Å²) in [4.78, 5) is 26.1. The van der Waals surface area contributed by atoms with Crippen LogP contribution < -0.4 is 20.3 Å². The molecule has 0 aliphatic rings. The summed E-state index contributed by atoms with van der Waals surface area (Å²) in [6, 6.07) is 9.19. The monoisotopic (exact) mass is 442 g/mol. The quantitative estimate of drug-likeness (QED) is 0.370. The predicted molar refractivity (Wildman–Crippen MR) is 119 cm³/mol. The lowest BCUT2D eigenvalue weighted by Crippen LogP contribution is -2.30. The molecule has 0 unspecified atom stereocenters. The average Bonchev–Trinajstić information content (AvgIpc) is 2.80. The number of rotatable bonds is 9. The summed E-state index contributed by atoms with van der Waals surface area (Å²) in [6.07, 6.45) is -0.196. The third-order valence-corrected chi connectivity index (χ3v) is 5.35. The van der Waals surface area contributed by atoms with Crippen LogP contribution in [0.5, 0.6) is 23.0 Å². The van der Waals surface area contributed by atoms with E-state index in [-0.39, 0.29) is 48.1 Å². The molecule has 32 heavy (non-hydrogen) atoms. The molecule has 3 aromatic rings. The molecule has 0 aliphatic heterocycles. The van der Waals surface area contributed by atoms with Crippen molar-refractivity contribution in [2.75, 3.05) is 27.4 Å². The van der Waals surface area contributed by atoms with Crippen LogP contribution in [0, 0.1) is 0 Å². The normalized spacial score (nSPS) is 12.0. The first-order valence-corrected chi connectivity index (χ1v) is 9.97. The van der Waals surface area contributed by atoms with Gasteiger partial charge >= 0.3 is 0 Å². The Bertz CT molecular complexity index is 1180. The molecule has 0 saturated heterocycles. The largest absolute Gasteiger partial charge is 0.506 e. The van der Waals surface area contributed by atoms with Crippen LogP contribution in [-0.4, -0.2) is 53.0 Å². The molecule has 1 heterocycles. The van der Waals surface area contributed by atoms with Crippen LogP contribution in [0.4, 0.5) is 0 Å². The van der Waals surface area contributed by atoms with Crippen LogP contribution in [-0.2, 0) is 7.05 Å². The van der Waals surface area contributed by atoms with E-state index in [4.69, 9.17) is 9.47 Å². The highest BCUT2D eigenvalue weighted by atomic mass is 16.5. The van der Waals surface area contributed by atoms with Gasteiger partial charge in [-0.1, -0.05) is 12.1 Å². The number of phenols is 1. The number of nitrogens with zero attached hydrogens (tertiary/aromatic N) is 1. The van der Waals surface area contributed by atoms with E-state index in [2.05, 4.69) is 5.32 Å². The van der Waals surface area contributed by atoms with E-state index < -0.39 is 17.4 Å². The number of nitrogens with one attached hydrogen (secondary N) is 1. The Labute approximate surface area is 184 Å². The molecule has 170 valence electrons. The number of aryl methyl sites for hydroxylation is 1. The van der Waals surface area contributed by atoms with Gasteiger partial charge in [-0.2, -0.15) is 0 Å². The number of aromatic hydroxyl groups is 2. The van der Waals surface area contributed by atoms with Gasteiger partial charge in [0.15, 0.2) is 17.3 Å². The number of para-hydroxylation sites is 1. The first-order valence-electron chi connectivity index (χ1n) is 9.97. The van der Waals surface area contributed by atoms with Gasteiger partial charge in [0.1, 0.15) is 11.3 Å². The molecule has 0 spiro atoms. The third kappa shape index (κ3) is 4.25. The van der Waals surface area contributed by atoms with Crippen LogP contribution in [0.1, 0.15) is 28.4 Å². The lowest BCUT2D eigenvalue weighted by Gasteiger charge is -2.21. The van der Waals surface area contributed by atoms with Gasteiger partial charge in [-0.05, 0) is 29.8 Å². The van der Waals surface area contributed by atoms with Gasteiger partial charge in [0, 0.05) is 31.4 Å². The third-order valence-electron chi connectivity index (χ3n) is 5.35. The summed E-state index contributed by atoms with van der Waals surface area (Å²) in [7, 11) is 4.31. The Kier molecular flexibility index (Phi) is 7.01. The maximum atomic E-state index is 13.2. The molecule has 0 aliphatic carbocycles. The number of benzene rings is 2. The zero-order valence-corrected chi connectivity index (χ0v) is 18.1. The molecule has 1 aromatic heterocycles. The number of methoxy groups -OCH3 is 2. The maximum absolute atomic E-state index is 13.2. The molecule has 2 aromatic carbocycles. The molecule has 0 saturated carbocycles. The second-order valence-corrected chi connectivity index (χ2v) is 7.24. The Morgan fingerprint density at radius 1 is 1.09 bits per heavy atom. The lowest BCUT2D eigenvalue weighted by molar-refractivity contribution is 0.0962. The Morgan fingerprint density at radius 2 is 1.72 bits per heavy atom. The molecule has 3 rings (SSSR count). The van der Waals surface area contributed by atoms with E-state index in [0.29, 0.717) is 16.5 Å². The number of carbonyl (C=O) groups is 1. The number of ether oxygens (including phenoxy) is 2. The van der Waals surface area contributed by atoms with Crippen molar-refractivity contribution < 1.29 is 29.6 Å². The number of ketones is 1. The molecule has 0 amide bonds. The zero-order chi connectivity index (χ0) is 23.4. The van der Waals surface area contributed by atoms with Crippen molar-refractivity contribution in [3.8, 4) is 23.0 Å². The zero-order valence-electron chi connectivity index (χ0n) is 18.1. The van der Waals surface area contributed by atoms with Crippen molar-refractivity contribution in [3.05, 3.63) is 57.9 Å². The number of hydrogen-bond acceptors (Lipinski definition) is 8. The van der Waals surface area contributed by atoms with Crippen LogP contribution >= 0.6 is 0 Å². The van der Waals surface area contributed by atoms with Gasteiger partial charge < -0.3 is 34.7 Å². The fraction of sp³-hybridized carbons (Fsp3) is 0.304. The van der Waals surface area contributed by atoms with Crippen molar-refractivity contribution >= 4 is 16.7 Å². The van der Waals surface area contributed by atoms with Gasteiger partial charge in [0.25, 0.3) is 5.56 Å². The molecule has 0 fully saturated rings. The Morgan fingerprint density at radius 3 is 2.31 bits per heavy atom. The predicted octanol–water partition coefficient (Wildman–Crippen LogP) is 1.86. The van der Waals surface area contributed by atoms with E-state index in [1.54, 1.807) is 36.4 Å². The minimum atomic E-state index is -0.659. The summed E-state index contributed by atoms with van der Waals surface area (Å²) >= 11 is 0. The summed E-state index contributed by atoms with van der Waals surface area (Å²) in [5.41, 5.74) is 0.137. The molecule has 4 N–H and O–H groups in total. The van der Waals surface area contributed by atoms with Crippen molar-refractivity contribution in [3.63, 3.8) is 0 Å². The summed E-state index contributed by atoms with van der Waals surface area (Å²) in [5.74, 6) is -0.836. The lowest BCUT2D eigenvalue weighted by atomic mass is 9.96. The van der Waals surface area contributed by atoms with E-state index >= 15 is 0 Å². The van der Waals surface area contributed by atoms with E-state index in [1.165, 1.54) is 25.8 Å². The van der Waals surface area contributed by atoms with Crippen LogP contribution in [0.2, 0.25) is 0 Å². The van der Waals surface area contributed by atoms with Gasteiger partial charge in [0.05, 0.1) is 26.3 Å². The fourth-order valence-corrected chi connectivity index (χ4v) is 3.68. The number of aliphatic hydroxyl groups excluding tert-OH is 1. The number of pyridine rings is 1. The minimum absolute atomic E-state index is 0.145. The number of phenolic OH excluding ortho intramolecular Hbond substituents is 1. The van der Waals surface area contributed by atoms with Crippen molar-refractivity contribution in [1.82, 2.24) is 9.88 Å². The second kappa shape index (κ2) is 9.71. The first-order chi connectivity index (χ1) is 15.3. The SMILES string of the molecule is COc1cc([C@@H](CC(=O)c2c(O)c3ccccc3n(C)c2=O)NCCO)cc(OC)c1O. The summed E-state index contributed by atoms with van der Waals surface area (Å²) < 4.78 is 11.7. The number of aromatic nitrogens is 1. The van der Waals surface area contributed by atoms with E-state index in [9.17, 15) is 24.9 Å². The highest BCUT2D eigenvalue weighted by Gasteiger charge is 2.26. The van der Waals surface area contributed by atoms with E-state index in [1.807, 2.05) is 0 Å². The van der Waals surface area contributed by atoms with E-state index in [0.717, 1.165) is 0 Å². The molecule has 1 atom stereocenters. The standard InChI is InChI=1S/C23H26N2O7/c1-25-16-7-5-4-6-14(16)21(28)20(23(25)30)17(27)12-15(24-8-9-26)13-10-18(31-2)22(29)19(11-13)32-3/h4-7,10-11,15,24,26,28-29H,8-9,12H2,1-3H3/t15-/m1/s1. The maximum Gasteiger partial charge on any atom is 0.265 e. The highest BCUT2D eigenvalue weighted by Crippen LogP contribution is 2.39. The Balaban J connectivity index is 2.06. The van der Waals surface area contributed by atoms with Crippen LogP contribution in [0.25, 0.3) is 10.9 Å². The molecule has 0 radical (unpaired) electrons. The summed E-state index contributed by atoms with van der Waals surface area (Å²) in [6.45, 7) is -0.00873. The Hall–Kier alpha value is -3.56. The van der Waals surface area contributed by atoms with Gasteiger partial charge in [-0.25, -0.2) is 0 Å². The molecule has 0 bridgehead atoms. The van der Waals surface area contributed by atoms with Gasteiger partial charge in [0.2, 0.25) is 5.75 Å². The second-order valence-electron chi connectivity index (χ2n) is 7.24. The molecular weight excluding hydrogens is 416 g/mol. The minimum Gasteiger partial charge on any atom is -0.506 e. The topological polar surface area (TPSA) is 130 Å². The van der Waals surface area contributed by atoms with Crippen molar-refractivity contribution in [2.45, 2.75) is 12.5 Å². The number of aliphatic hydroxyl groups is 1. The number of fused-ring (bicyclic) bond motifs is 1. The van der Waals surface area contributed by atoms with Crippen LogP contribution in [0.3, 0.4) is 0 Å². The van der Waals surface area contributed by atoms with Gasteiger partial charge in [-0.3, -0.25) is 9.59 Å². The molecule has 9 heteroatoms. The fourth-order valence-electron chi connectivity index (χ4n) is 3.68. The number of hydrogen-bond donors (Lipinski definition) is 4. The highest BCUT2D eigenvalue weighted by molar-refractivity contribution is 6.03.